The molecule has 0 heterocycles. The molecule has 1 unspecified atom stereocenters. The predicted molar refractivity (Wildman–Crippen MR) is 52.1 cm³/mol. The second-order valence-electron chi connectivity index (χ2n) is 3.11. The molecule has 1 rings (SSSR count). The van der Waals surface area contributed by atoms with Crippen molar-refractivity contribution in [3.05, 3.63) is 48.6 Å². The Bertz CT molecular complexity index is 233. The van der Waals surface area contributed by atoms with Crippen LogP contribution in [-0.4, -0.2) is 13.6 Å². The maximum absolute atomic E-state index is 3.72. The maximum Gasteiger partial charge on any atom is 0.103 e. The minimum absolute atomic E-state index is 0. The van der Waals surface area contributed by atoms with Crippen LogP contribution in [0.25, 0.3) is 0 Å². The van der Waals surface area contributed by atoms with Crippen LogP contribution in [0.2, 0.25) is 0 Å². The molecule has 0 fully saturated rings. The van der Waals surface area contributed by atoms with Crippen LogP contribution < -0.4 is 17.3 Å². The first-order valence-electron chi connectivity index (χ1n) is 4.29. The van der Waals surface area contributed by atoms with Crippen molar-refractivity contribution in [1.29, 1.82) is 0 Å². The number of nitrogens with one attached hydrogen (secondary N) is 1. The van der Waals surface area contributed by atoms with E-state index in [0.717, 1.165) is 13.1 Å². The Kier molecular flexibility index (Phi) is 6.29. The van der Waals surface area contributed by atoms with Crippen LogP contribution >= 0.6 is 0 Å². The fraction of sp³-hybridized carbons (Fsp3) is 0.273. The molecule has 0 bridgehead atoms. The zero-order valence-electron chi connectivity index (χ0n) is 7.96. The molecule has 72 valence electrons. The van der Waals surface area contributed by atoms with Gasteiger partial charge in [0.15, 0.2) is 0 Å². The third-order valence-corrected chi connectivity index (χ3v) is 1.84. The van der Waals surface area contributed by atoms with Gasteiger partial charge in [0.2, 0.25) is 0 Å². The van der Waals surface area contributed by atoms with Crippen molar-refractivity contribution in [2.75, 3.05) is 13.6 Å². The van der Waals surface area contributed by atoms with E-state index in [4.69, 9.17) is 0 Å². The van der Waals surface area contributed by atoms with E-state index in [1.54, 1.807) is 0 Å². The molecular weight excluding hydrogens is 182 g/mol. The van der Waals surface area contributed by atoms with Crippen molar-refractivity contribution < 1.29 is 17.3 Å². The van der Waals surface area contributed by atoms with Crippen molar-refractivity contribution in [1.82, 2.24) is 0 Å². The Balaban J connectivity index is 0.00000144. The first-order chi connectivity index (χ1) is 5.83. The summed E-state index contributed by atoms with van der Waals surface area (Å²) in [6, 6.07) is 10.5. The fourth-order valence-electron chi connectivity index (χ4n) is 1.26. The van der Waals surface area contributed by atoms with Gasteiger partial charge in [0.1, 0.15) is 6.54 Å². The van der Waals surface area contributed by atoms with Crippen molar-refractivity contribution in [2.24, 2.45) is 0 Å². The van der Waals surface area contributed by atoms with Crippen molar-refractivity contribution in [3.8, 4) is 0 Å². The van der Waals surface area contributed by atoms with E-state index in [1.807, 2.05) is 12.1 Å². The Morgan fingerprint density at radius 3 is 2.46 bits per heavy atom. The highest BCUT2D eigenvalue weighted by molar-refractivity contribution is 5.13. The largest absolute Gasteiger partial charge is 1.00 e. The van der Waals surface area contributed by atoms with Gasteiger partial charge in [-0.1, -0.05) is 36.9 Å². The second kappa shape index (κ2) is 6.70. The van der Waals surface area contributed by atoms with E-state index in [9.17, 15) is 0 Å². The molecular formula is C11H16ClN. The summed E-state index contributed by atoms with van der Waals surface area (Å²) in [6.07, 6.45) is 1.96. The van der Waals surface area contributed by atoms with Crippen LogP contribution in [0.1, 0.15) is 5.56 Å². The van der Waals surface area contributed by atoms with Crippen LogP contribution in [0.3, 0.4) is 0 Å². The summed E-state index contributed by atoms with van der Waals surface area (Å²) >= 11 is 0. The monoisotopic (exact) mass is 197 g/mol. The van der Waals surface area contributed by atoms with Gasteiger partial charge < -0.3 is 17.3 Å². The van der Waals surface area contributed by atoms with Gasteiger partial charge in [-0.3, -0.25) is 0 Å². The van der Waals surface area contributed by atoms with Crippen molar-refractivity contribution in [2.45, 2.75) is 6.54 Å². The molecule has 1 nitrogen and oxygen atoms in total. The van der Waals surface area contributed by atoms with Gasteiger partial charge in [-0.15, -0.1) is 0 Å². The molecule has 1 atom stereocenters. The molecule has 1 aromatic rings. The first-order valence-corrected chi connectivity index (χ1v) is 4.29. The summed E-state index contributed by atoms with van der Waals surface area (Å²) in [7, 11) is 2.18. The number of halogens is 1. The van der Waals surface area contributed by atoms with Gasteiger partial charge >= 0.3 is 0 Å². The normalized spacial score (nSPS) is 11.5. The van der Waals surface area contributed by atoms with Crippen molar-refractivity contribution in [3.63, 3.8) is 0 Å². The minimum Gasteiger partial charge on any atom is -1.00 e. The van der Waals surface area contributed by atoms with Gasteiger partial charge in [-0.25, -0.2) is 0 Å². The molecule has 0 aliphatic rings. The summed E-state index contributed by atoms with van der Waals surface area (Å²) in [5.74, 6) is 0. The average Bonchev–Trinajstić information content (AvgIpc) is 2.06. The van der Waals surface area contributed by atoms with Crippen LogP contribution in [-0.2, 0) is 6.54 Å². The smallest absolute Gasteiger partial charge is 0.103 e. The highest BCUT2D eigenvalue weighted by Gasteiger charge is 1.98. The topological polar surface area (TPSA) is 4.44 Å². The number of likely N-dealkylation sites (N-methyl/N-ethyl adjacent to an activating group) is 1. The van der Waals surface area contributed by atoms with Crippen LogP contribution in [0, 0.1) is 0 Å². The Morgan fingerprint density at radius 2 is 1.92 bits per heavy atom. The molecule has 0 aromatic heterocycles. The molecule has 0 spiro atoms. The third kappa shape index (κ3) is 4.71. The van der Waals surface area contributed by atoms with E-state index < -0.39 is 0 Å². The van der Waals surface area contributed by atoms with Crippen LogP contribution in [0.5, 0.6) is 0 Å². The van der Waals surface area contributed by atoms with Gasteiger partial charge in [-0.2, -0.15) is 0 Å². The Labute approximate surface area is 86.5 Å². The third-order valence-electron chi connectivity index (χ3n) is 1.84. The fourth-order valence-corrected chi connectivity index (χ4v) is 1.26. The van der Waals surface area contributed by atoms with E-state index in [1.165, 1.54) is 10.5 Å². The number of rotatable bonds is 4. The van der Waals surface area contributed by atoms with E-state index in [0.29, 0.717) is 0 Å². The van der Waals surface area contributed by atoms with Gasteiger partial charge in [-0.05, 0) is 6.08 Å². The zero-order valence-corrected chi connectivity index (χ0v) is 8.72. The molecule has 0 aliphatic heterocycles. The van der Waals surface area contributed by atoms with E-state index in [2.05, 4.69) is 37.9 Å². The van der Waals surface area contributed by atoms with Crippen LogP contribution in [0.4, 0.5) is 0 Å². The lowest BCUT2D eigenvalue weighted by Gasteiger charge is -2.10. The van der Waals surface area contributed by atoms with E-state index >= 15 is 0 Å². The molecule has 1 aromatic carbocycles. The summed E-state index contributed by atoms with van der Waals surface area (Å²) in [5.41, 5.74) is 1.39. The lowest BCUT2D eigenvalue weighted by atomic mass is 10.2. The number of hydrogen-bond donors (Lipinski definition) is 1. The lowest BCUT2D eigenvalue weighted by molar-refractivity contribution is -0.887. The summed E-state index contributed by atoms with van der Waals surface area (Å²) < 4.78 is 0. The van der Waals surface area contributed by atoms with Crippen molar-refractivity contribution >= 4 is 0 Å². The summed E-state index contributed by atoms with van der Waals surface area (Å²) in [6.45, 7) is 5.82. The molecule has 0 saturated heterocycles. The number of benzene rings is 1. The first kappa shape index (κ1) is 12.2. The summed E-state index contributed by atoms with van der Waals surface area (Å²) in [5, 5.41) is 0. The SMILES string of the molecule is C=CC[NH+](C)Cc1ccccc1.[Cl-]. The quantitative estimate of drug-likeness (QED) is 0.528. The number of quaternary nitrogens is 1. The van der Waals surface area contributed by atoms with Gasteiger partial charge in [0, 0.05) is 5.56 Å². The molecule has 1 N–H and O–H groups in total. The number of hydrogen-bond acceptors (Lipinski definition) is 0. The maximum atomic E-state index is 3.72. The molecule has 13 heavy (non-hydrogen) atoms. The molecule has 0 aliphatic carbocycles. The minimum atomic E-state index is 0. The highest BCUT2D eigenvalue weighted by Crippen LogP contribution is 1.94. The summed E-state index contributed by atoms with van der Waals surface area (Å²) in [4.78, 5) is 1.47. The standard InChI is InChI=1S/C11H15N.ClH/c1-3-9-12(2)10-11-7-5-4-6-8-11;/h3-8H,1,9-10H2,2H3;1H. The van der Waals surface area contributed by atoms with Gasteiger partial charge in [0.05, 0.1) is 13.6 Å². The van der Waals surface area contributed by atoms with Gasteiger partial charge in [0.25, 0.3) is 0 Å². The highest BCUT2D eigenvalue weighted by atomic mass is 35.5. The zero-order chi connectivity index (χ0) is 8.81. The molecule has 0 radical (unpaired) electrons. The molecule has 0 amide bonds. The van der Waals surface area contributed by atoms with E-state index in [-0.39, 0.29) is 12.4 Å². The average molecular weight is 198 g/mol. The van der Waals surface area contributed by atoms with Crippen LogP contribution in [0.15, 0.2) is 43.0 Å². The Hall–Kier alpha value is -0.790. The lowest BCUT2D eigenvalue weighted by Crippen LogP contribution is -3.07. The Morgan fingerprint density at radius 1 is 1.31 bits per heavy atom. The molecule has 2 heteroatoms. The molecule has 0 saturated carbocycles. The second-order valence-corrected chi connectivity index (χ2v) is 3.11. The predicted octanol–water partition coefficient (Wildman–Crippen LogP) is -2.11.